The van der Waals surface area contributed by atoms with Crippen molar-refractivity contribution in [2.24, 2.45) is 0 Å². The van der Waals surface area contributed by atoms with Crippen LogP contribution in [0.5, 0.6) is 0 Å². The van der Waals surface area contributed by atoms with Crippen LogP contribution in [-0.2, 0) is 11.2 Å². The van der Waals surface area contributed by atoms with E-state index >= 15 is 0 Å². The Kier molecular flexibility index (Phi) is 2.78. The van der Waals surface area contributed by atoms with E-state index in [0.29, 0.717) is 6.42 Å². The van der Waals surface area contributed by atoms with E-state index in [1.165, 1.54) is 0 Å². The van der Waals surface area contributed by atoms with Crippen molar-refractivity contribution in [3.05, 3.63) is 29.8 Å². The quantitative estimate of drug-likeness (QED) is 0.852. The molecular formula is C15H19NO3. The predicted molar refractivity (Wildman–Crippen MR) is 72.3 cm³/mol. The summed E-state index contributed by atoms with van der Waals surface area (Å²) < 4.78 is 0. The number of hydrogen-bond acceptors (Lipinski definition) is 3. The minimum atomic E-state index is -0.807. The molecule has 3 unspecified atom stereocenters. The third-order valence-corrected chi connectivity index (χ3v) is 4.52. The fourth-order valence-electron chi connectivity index (χ4n) is 3.57. The first kappa shape index (κ1) is 12.5. The largest absolute Gasteiger partial charge is 0.480 e. The monoisotopic (exact) mass is 261 g/mol. The van der Waals surface area contributed by atoms with E-state index in [9.17, 15) is 15.0 Å². The number of aliphatic carboxylic acids is 1. The lowest BCUT2D eigenvalue weighted by atomic mass is 9.98. The molecule has 0 saturated heterocycles. The number of carboxylic acid groups (broad SMARTS) is 1. The zero-order valence-electron chi connectivity index (χ0n) is 11.0. The van der Waals surface area contributed by atoms with Gasteiger partial charge in [0.2, 0.25) is 0 Å². The Hall–Kier alpha value is -1.55. The van der Waals surface area contributed by atoms with Crippen LogP contribution in [-0.4, -0.2) is 33.9 Å². The van der Waals surface area contributed by atoms with Crippen LogP contribution < -0.4 is 4.90 Å². The summed E-state index contributed by atoms with van der Waals surface area (Å²) in [7, 11) is 0. The average molecular weight is 261 g/mol. The number of aliphatic hydroxyl groups is 1. The Balaban J connectivity index is 2.03. The molecule has 1 aliphatic carbocycles. The molecule has 4 nitrogen and oxygen atoms in total. The van der Waals surface area contributed by atoms with Crippen LogP contribution in [0.15, 0.2) is 24.3 Å². The Morgan fingerprint density at radius 3 is 2.79 bits per heavy atom. The maximum atomic E-state index is 11.5. The van der Waals surface area contributed by atoms with Crippen molar-refractivity contribution in [2.45, 2.75) is 50.3 Å². The van der Waals surface area contributed by atoms with Gasteiger partial charge in [-0.15, -0.1) is 0 Å². The first-order valence-corrected chi connectivity index (χ1v) is 6.82. The van der Waals surface area contributed by atoms with Crippen LogP contribution in [0.2, 0.25) is 0 Å². The van der Waals surface area contributed by atoms with Gasteiger partial charge in [-0.1, -0.05) is 18.2 Å². The molecule has 1 aromatic carbocycles. The van der Waals surface area contributed by atoms with E-state index < -0.39 is 17.6 Å². The van der Waals surface area contributed by atoms with Gasteiger partial charge >= 0.3 is 5.97 Å². The van der Waals surface area contributed by atoms with Gasteiger partial charge in [0.1, 0.15) is 6.04 Å². The van der Waals surface area contributed by atoms with Gasteiger partial charge in [-0.25, -0.2) is 4.79 Å². The van der Waals surface area contributed by atoms with E-state index in [4.69, 9.17) is 0 Å². The zero-order valence-corrected chi connectivity index (χ0v) is 11.0. The first-order chi connectivity index (χ1) is 9.00. The fraction of sp³-hybridized carbons (Fsp3) is 0.533. The number of nitrogens with zero attached hydrogens (tertiary/aromatic N) is 1. The van der Waals surface area contributed by atoms with Crippen LogP contribution in [0.4, 0.5) is 5.69 Å². The maximum Gasteiger partial charge on any atom is 0.326 e. The molecule has 3 atom stereocenters. The van der Waals surface area contributed by atoms with Crippen molar-refractivity contribution in [3.63, 3.8) is 0 Å². The van der Waals surface area contributed by atoms with Crippen molar-refractivity contribution < 1.29 is 15.0 Å². The third kappa shape index (κ3) is 1.91. The van der Waals surface area contributed by atoms with Crippen LogP contribution >= 0.6 is 0 Å². The highest BCUT2D eigenvalue weighted by Crippen LogP contribution is 2.42. The van der Waals surface area contributed by atoms with Gasteiger partial charge in [-0.2, -0.15) is 0 Å². The number of hydrogen-bond donors (Lipinski definition) is 2. The minimum Gasteiger partial charge on any atom is -0.480 e. The molecule has 19 heavy (non-hydrogen) atoms. The van der Waals surface area contributed by atoms with Crippen molar-refractivity contribution in [2.75, 3.05) is 4.90 Å². The normalized spacial score (nSPS) is 33.5. The fourth-order valence-corrected chi connectivity index (χ4v) is 3.57. The molecule has 2 N–H and O–H groups in total. The van der Waals surface area contributed by atoms with E-state index in [1.807, 2.05) is 36.1 Å². The Morgan fingerprint density at radius 2 is 2.16 bits per heavy atom. The van der Waals surface area contributed by atoms with E-state index in [-0.39, 0.29) is 6.04 Å². The molecule has 1 saturated carbocycles. The molecule has 0 aromatic heterocycles. The van der Waals surface area contributed by atoms with Gasteiger partial charge in [-0.3, -0.25) is 0 Å². The van der Waals surface area contributed by atoms with Gasteiger partial charge in [0.15, 0.2) is 0 Å². The second kappa shape index (κ2) is 4.23. The van der Waals surface area contributed by atoms with Crippen molar-refractivity contribution in [3.8, 4) is 0 Å². The lowest BCUT2D eigenvalue weighted by molar-refractivity contribution is -0.138. The lowest BCUT2D eigenvalue weighted by Crippen LogP contribution is -2.53. The first-order valence-electron chi connectivity index (χ1n) is 6.82. The number of carboxylic acids is 1. The highest BCUT2D eigenvalue weighted by atomic mass is 16.4. The van der Waals surface area contributed by atoms with Gasteiger partial charge in [0.05, 0.1) is 11.6 Å². The van der Waals surface area contributed by atoms with Gasteiger partial charge in [0, 0.05) is 12.1 Å². The van der Waals surface area contributed by atoms with Crippen LogP contribution in [0.1, 0.15) is 31.7 Å². The second-order valence-corrected chi connectivity index (χ2v) is 5.86. The molecular weight excluding hydrogens is 242 g/mol. The Morgan fingerprint density at radius 1 is 1.42 bits per heavy atom. The topological polar surface area (TPSA) is 60.8 Å². The zero-order chi connectivity index (χ0) is 13.6. The third-order valence-electron chi connectivity index (χ3n) is 4.52. The number of carbonyl (C=O) groups is 1. The number of benzene rings is 1. The number of rotatable bonds is 2. The minimum absolute atomic E-state index is 0.0998. The van der Waals surface area contributed by atoms with Crippen LogP contribution in [0.3, 0.4) is 0 Å². The van der Waals surface area contributed by atoms with E-state index in [0.717, 1.165) is 30.5 Å². The average Bonchev–Trinajstić information content (AvgIpc) is 2.88. The molecule has 1 aliphatic heterocycles. The van der Waals surface area contributed by atoms with Gasteiger partial charge in [-0.05, 0) is 37.8 Å². The Bertz CT molecular complexity index is 512. The molecule has 102 valence electrons. The molecule has 1 fully saturated rings. The number of fused-ring (bicyclic) bond motifs is 1. The molecule has 0 amide bonds. The maximum absolute atomic E-state index is 11.5. The van der Waals surface area contributed by atoms with E-state index in [1.54, 1.807) is 0 Å². The van der Waals surface area contributed by atoms with E-state index in [2.05, 4.69) is 0 Å². The van der Waals surface area contributed by atoms with Crippen molar-refractivity contribution in [1.82, 2.24) is 0 Å². The number of para-hydroxylation sites is 1. The lowest BCUT2D eigenvalue weighted by Gasteiger charge is -2.38. The molecule has 0 spiro atoms. The van der Waals surface area contributed by atoms with Crippen LogP contribution in [0, 0.1) is 0 Å². The molecule has 3 rings (SSSR count). The van der Waals surface area contributed by atoms with Gasteiger partial charge < -0.3 is 15.1 Å². The summed E-state index contributed by atoms with van der Waals surface area (Å²) in [5, 5.41) is 20.0. The smallest absolute Gasteiger partial charge is 0.326 e. The Labute approximate surface area is 112 Å². The SMILES string of the molecule is CC1(O)CCCC1N1c2ccccc2CC1C(=O)O. The number of anilines is 1. The summed E-state index contributed by atoms with van der Waals surface area (Å²) in [6.45, 7) is 1.82. The molecule has 0 radical (unpaired) electrons. The summed E-state index contributed by atoms with van der Waals surface area (Å²) in [5.41, 5.74) is 1.24. The molecule has 0 bridgehead atoms. The molecule has 4 heteroatoms. The summed E-state index contributed by atoms with van der Waals surface area (Å²) in [4.78, 5) is 13.5. The standard InChI is InChI=1S/C15H19NO3/c1-15(19)8-4-7-13(15)16-11-6-3-2-5-10(11)9-12(16)14(17)18/h2-3,5-6,12-13,19H,4,7-9H2,1H3,(H,17,18). The molecule has 1 aromatic rings. The van der Waals surface area contributed by atoms with Crippen LogP contribution in [0.25, 0.3) is 0 Å². The van der Waals surface area contributed by atoms with Crippen molar-refractivity contribution in [1.29, 1.82) is 0 Å². The predicted octanol–water partition coefficient (Wildman–Crippen LogP) is 1.81. The highest BCUT2D eigenvalue weighted by Gasteiger charge is 2.47. The van der Waals surface area contributed by atoms with Crippen molar-refractivity contribution >= 4 is 11.7 Å². The van der Waals surface area contributed by atoms with Gasteiger partial charge in [0.25, 0.3) is 0 Å². The summed E-state index contributed by atoms with van der Waals surface area (Å²) in [5.74, 6) is -0.807. The summed E-state index contributed by atoms with van der Waals surface area (Å²) in [6, 6.07) is 7.17. The highest BCUT2D eigenvalue weighted by molar-refractivity contribution is 5.83. The molecule has 2 aliphatic rings. The summed E-state index contributed by atoms with van der Waals surface area (Å²) >= 11 is 0. The summed E-state index contributed by atoms with van der Waals surface area (Å²) in [6.07, 6.45) is 3.06. The molecule has 1 heterocycles. The second-order valence-electron chi connectivity index (χ2n) is 5.86.